The lowest BCUT2D eigenvalue weighted by Crippen LogP contribution is -2.50. The average molecular weight is 484 g/mol. The van der Waals surface area contributed by atoms with Crippen LogP contribution in [0.3, 0.4) is 0 Å². The SMILES string of the molecule is CC(C)(C)OC(=O)N1CCN(c2ccc(-n3cc(Br)c(-c4ccncc4)n3)cc2)CC1. The molecule has 0 radical (unpaired) electrons. The molecule has 3 aromatic rings. The van der Waals surface area contributed by atoms with Gasteiger partial charge >= 0.3 is 6.09 Å². The van der Waals surface area contributed by atoms with Crippen LogP contribution in [-0.4, -0.2) is 57.5 Å². The van der Waals surface area contributed by atoms with E-state index in [1.54, 1.807) is 17.3 Å². The molecule has 4 rings (SSSR count). The van der Waals surface area contributed by atoms with Gasteiger partial charge in [-0.25, -0.2) is 9.48 Å². The number of pyridine rings is 1. The van der Waals surface area contributed by atoms with Gasteiger partial charge in [0, 0.05) is 56.0 Å². The molecule has 0 bridgehead atoms. The maximum atomic E-state index is 12.3. The van der Waals surface area contributed by atoms with Crippen molar-refractivity contribution < 1.29 is 9.53 Å². The van der Waals surface area contributed by atoms with Crippen LogP contribution in [0.4, 0.5) is 10.5 Å². The fraction of sp³-hybridized carbons (Fsp3) is 0.348. The van der Waals surface area contributed by atoms with Crippen molar-refractivity contribution in [3.05, 3.63) is 59.5 Å². The lowest BCUT2D eigenvalue weighted by atomic mass is 10.2. The minimum Gasteiger partial charge on any atom is -0.444 e. The number of carbonyl (C=O) groups is 1. The minimum absolute atomic E-state index is 0.239. The fourth-order valence-electron chi connectivity index (χ4n) is 3.48. The molecule has 1 aromatic carbocycles. The standard InChI is InChI=1S/C23H26BrN5O2/c1-23(2,3)31-22(30)28-14-12-27(13-15-28)18-4-6-19(7-5-18)29-16-20(24)21(26-29)17-8-10-25-11-9-17/h4-11,16H,12-15H2,1-3H3. The van der Waals surface area contributed by atoms with Crippen molar-refractivity contribution in [2.45, 2.75) is 26.4 Å². The molecule has 0 N–H and O–H groups in total. The molecule has 1 amide bonds. The van der Waals surface area contributed by atoms with E-state index in [-0.39, 0.29) is 6.09 Å². The first-order chi connectivity index (χ1) is 14.8. The maximum Gasteiger partial charge on any atom is 0.410 e. The van der Waals surface area contributed by atoms with Gasteiger partial charge in [0.2, 0.25) is 0 Å². The Morgan fingerprint density at radius 1 is 0.968 bits per heavy atom. The molecule has 0 spiro atoms. The minimum atomic E-state index is -0.469. The third kappa shape index (κ3) is 5.07. The van der Waals surface area contributed by atoms with Crippen LogP contribution in [0.2, 0.25) is 0 Å². The number of aromatic nitrogens is 3. The Morgan fingerprint density at radius 3 is 2.19 bits per heavy atom. The highest BCUT2D eigenvalue weighted by Gasteiger charge is 2.26. The number of ether oxygens (including phenoxy) is 1. The zero-order chi connectivity index (χ0) is 22.0. The van der Waals surface area contributed by atoms with E-state index in [2.05, 4.69) is 50.1 Å². The van der Waals surface area contributed by atoms with Crippen molar-refractivity contribution >= 4 is 27.7 Å². The predicted octanol–water partition coefficient (Wildman–Crippen LogP) is 4.75. The van der Waals surface area contributed by atoms with E-state index in [1.165, 1.54) is 0 Å². The number of piperazine rings is 1. The van der Waals surface area contributed by atoms with E-state index in [4.69, 9.17) is 9.84 Å². The van der Waals surface area contributed by atoms with Gasteiger partial charge in [0.25, 0.3) is 0 Å². The molecule has 31 heavy (non-hydrogen) atoms. The quantitative estimate of drug-likeness (QED) is 0.537. The zero-order valence-electron chi connectivity index (χ0n) is 18.0. The largest absolute Gasteiger partial charge is 0.444 e. The van der Waals surface area contributed by atoms with Crippen molar-refractivity contribution in [3.8, 4) is 16.9 Å². The third-order valence-electron chi connectivity index (χ3n) is 5.03. The Bertz CT molecular complexity index is 1040. The number of hydrogen-bond donors (Lipinski definition) is 0. The topological polar surface area (TPSA) is 63.5 Å². The lowest BCUT2D eigenvalue weighted by molar-refractivity contribution is 0.0240. The van der Waals surface area contributed by atoms with Gasteiger partial charge in [-0.05, 0) is 73.1 Å². The van der Waals surface area contributed by atoms with Crippen LogP contribution in [-0.2, 0) is 4.74 Å². The molecule has 1 fully saturated rings. The molecule has 0 unspecified atom stereocenters. The van der Waals surface area contributed by atoms with Crippen molar-refractivity contribution in [2.24, 2.45) is 0 Å². The van der Waals surface area contributed by atoms with E-state index in [1.807, 2.05) is 43.8 Å². The summed E-state index contributed by atoms with van der Waals surface area (Å²) in [4.78, 5) is 20.4. The first-order valence-electron chi connectivity index (χ1n) is 10.3. The van der Waals surface area contributed by atoms with Gasteiger partial charge < -0.3 is 14.5 Å². The number of benzene rings is 1. The van der Waals surface area contributed by atoms with E-state index in [0.717, 1.165) is 40.2 Å². The molecule has 162 valence electrons. The van der Waals surface area contributed by atoms with Crippen LogP contribution in [0, 0.1) is 0 Å². The summed E-state index contributed by atoms with van der Waals surface area (Å²) < 4.78 is 8.27. The summed E-state index contributed by atoms with van der Waals surface area (Å²) in [6.45, 7) is 8.52. The van der Waals surface area contributed by atoms with Crippen LogP contribution in [0.1, 0.15) is 20.8 Å². The lowest BCUT2D eigenvalue weighted by Gasteiger charge is -2.36. The Kier molecular flexibility index (Phi) is 6.00. The van der Waals surface area contributed by atoms with Gasteiger partial charge in [-0.15, -0.1) is 0 Å². The second-order valence-corrected chi connectivity index (χ2v) is 9.33. The summed E-state index contributed by atoms with van der Waals surface area (Å²) in [6, 6.07) is 12.2. The van der Waals surface area contributed by atoms with Crippen molar-refractivity contribution in [1.82, 2.24) is 19.7 Å². The van der Waals surface area contributed by atoms with E-state index < -0.39 is 5.60 Å². The summed E-state index contributed by atoms with van der Waals surface area (Å²) in [6.07, 6.45) is 5.25. The van der Waals surface area contributed by atoms with Crippen molar-refractivity contribution in [1.29, 1.82) is 0 Å². The molecule has 0 aliphatic carbocycles. The summed E-state index contributed by atoms with van der Waals surface area (Å²) in [5.74, 6) is 0. The first kappa shape index (κ1) is 21.4. The molecule has 1 saturated heterocycles. The molecular weight excluding hydrogens is 458 g/mol. The summed E-state index contributed by atoms with van der Waals surface area (Å²) in [5, 5.41) is 4.72. The Labute approximate surface area is 190 Å². The number of hydrogen-bond acceptors (Lipinski definition) is 5. The van der Waals surface area contributed by atoms with Gasteiger partial charge in [-0.2, -0.15) is 5.10 Å². The number of rotatable bonds is 3. The molecule has 3 heterocycles. The summed E-state index contributed by atoms with van der Waals surface area (Å²) >= 11 is 3.61. The number of carbonyl (C=O) groups excluding carboxylic acids is 1. The fourth-order valence-corrected chi connectivity index (χ4v) is 3.98. The van der Waals surface area contributed by atoms with Crippen molar-refractivity contribution in [3.63, 3.8) is 0 Å². The molecule has 2 aromatic heterocycles. The first-order valence-corrected chi connectivity index (χ1v) is 11.1. The molecular formula is C23H26BrN5O2. The van der Waals surface area contributed by atoms with Crippen molar-refractivity contribution in [2.75, 3.05) is 31.1 Å². The highest BCUT2D eigenvalue weighted by Crippen LogP contribution is 2.28. The van der Waals surface area contributed by atoms with Crippen LogP contribution in [0.5, 0.6) is 0 Å². The monoisotopic (exact) mass is 483 g/mol. The summed E-state index contributed by atoms with van der Waals surface area (Å²) in [5.41, 5.74) is 3.54. The van der Waals surface area contributed by atoms with Crippen LogP contribution in [0.15, 0.2) is 59.5 Å². The van der Waals surface area contributed by atoms with Gasteiger partial charge in [0.15, 0.2) is 0 Å². The number of amides is 1. The highest BCUT2D eigenvalue weighted by molar-refractivity contribution is 9.10. The second kappa shape index (κ2) is 8.70. The molecule has 8 heteroatoms. The maximum absolute atomic E-state index is 12.3. The van der Waals surface area contributed by atoms with Gasteiger partial charge in [-0.3, -0.25) is 4.98 Å². The molecule has 0 atom stereocenters. The van der Waals surface area contributed by atoms with Gasteiger partial charge in [-0.1, -0.05) is 0 Å². The Balaban J connectivity index is 1.41. The highest BCUT2D eigenvalue weighted by atomic mass is 79.9. The molecule has 0 saturated carbocycles. The Morgan fingerprint density at radius 2 is 1.58 bits per heavy atom. The van der Waals surface area contributed by atoms with E-state index >= 15 is 0 Å². The number of nitrogens with zero attached hydrogens (tertiary/aromatic N) is 5. The van der Waals surface area contributed by atoms with Gasteiger partial charge in [0.05, 0.1) is 10.2 Å². The van der Waals surface area contributed by atoms with E-state index in [9.17, 15) is 4.79 Å². The van der Waals surface area contributed by atoms with Crippen LogP contribution < -0.4 is 4.90 Å². The summed E-state index contributed by atoms with van der Waals surface area (Å²) in [7, 11) is 0. The third-order valence-corrected chi connectivity index (χ3v) is 5.61. The molecule has 1 aliphatic rings. The predicted molar refractivity (Wildman–Crippen MR) is 125 cm³/mol. The average Bonchev–Trinajstić information content (AvgIpc) is 3.15. The molecule has 7 nitrogen and oxygen atoms in total. The second-order valence-electron chi connectivity index (χ2n) is 8.48. The van der Waals surface area contributed by atoms with Crippen LogP contribution >= 0.6 is 15.9 Å². The normalized spacial score (nSPS) is 14.6. The Hall–Kier alpha value is -2.87. The smallest absolute Gasteiger partial charge is 0.410 e. The number of anilines is 1. The number of halogens is 1. The zero-order valence-corrected chi connectivity index (χ0v) is 19.5. The van der Waals surface area contributed by atoms with Gasteiger partial charge in [0.1, 0.15) is 11.3 Å². The van der Waals surface area contributed by atoms with Crippen LogP contribution in [0.25, 0.3) is 16.9 Å². The van der Waals surface area contributed by atoms with E-state index in [0.29, 0.717) is 13.1 Å². The molecule has 1 aliphatic heterocycles.